The molecular weight excluding hydrogens is 232 g/mol. The Labute approximate surface area is 104 Å². The lowest BCUT2D eigenvalue weighted by molar-refractivity contribution is 0.358. The Morgan fingerprint density at radius 3 is 3.18 bits per heavy atom. The van der Waals surface area contributed by atoms with E-state index in [0.29, 0.717) is 4.77 Å². The summed E-state index contributed by atoms with van der Waals surface area (Å²) >= 11 is 5.08. The van der Waals surface area contributed by atoms with Gasteiger partial charge in [-0.3, -0.25) is 0 Å². The summed E-state index contributed by atoms with van der Waals surface area (Å²) in [5.74, 6) is 0.979. The molecule has 86 valence electrons. The predicted molar refractivity (Wildman–Crippen MR) is 68.8 cm³/mol. The van der Waals surface area contributed by atoms with Crippen molar-refractivity contribution in [1.82, 2.24) is 9.97 Å². The summed E-state index contributed by atoms with van der Waals surface area (Å²) in [6.07, 6.45) is 2.77. The molecule has 1 N–H and O–H groups in total. The van der Waals surface area contributed by atoms with Crippen LogP contribution in [0.2, 0.25) is 0 Å². The maximum atomic E-state index is 5.70. The van der Waals surface area contributed by atoms with Crippen molar-refractivity contribution in [1.29, 1.82) is 0 Å². The first-order valence-corrected chi connectivity index (χ1v) is 5.97. The summed E-state index contributed by atoms with van der Waals surface area (Å²) in [6, 6.07) is 6.22. The number of hydrogen-bond acceptors (Lipinski definition) is 3. The Morgan fingerprint density at radius 1 is 1.41 bits per heavy atom. The Morgan fingerprint density at radius 2 is 2.29 bits per heavy atom. The Hall–Kier alpha value is -1.68. The lowest BCUT2D eigenvalue weighted by Crippen LogP contribution is -1.94. The lowest BCUT2D eigenvalue weighted by Gasteiger charge is -2.10. The van der Waals surface area contributed by atoms with Crippen molar-refractivity contribution in [3.63, 3.8) is 0 Å². The van der Waals surface area contributed by atoms with Crippen molar-refractivity contribution in [2.45, 2.75) is 13.3 Å². The maximum Gasteiger partial charge on any atom is 0.197 e. The van der Waals surface area contributed by atoms with E-state index in [-0.39, 0.29) is 0 Å². The van der Waals surface area contributed by atoms with Gasteiger partial charge in [-0.1, -0.05) is 12.1 Å². The molecule has 0 atom stereocenters. The van der Waals surface area contributed by atoms with Gasteiger partial charge in [0.15, 0.2) is 4.77 Å². The highest BCUT2D eigenvalue weighted by Crippen LogP contribution is 2.36. The summed E-state index contributed by atoms with van der Waals surface area (Å²) in [7, 11) is 0. The van der Waals surface area contributed by atoms with Gasteiger partial charge in [0.25, 0.3) is 0 Å². The van der Waals surface area contributed by atoms with Crippen LogP contribution in [0, 0.1) is 11.7 Å². The molecule has 2 aromatic rings. The molecule has 0 saturated heterocycles. The van der Waals surface area contributed by atoms with E-state index in [9.17, 15) is 0 Å². The van der Waals surface area contributed by atoms with Gasteiger partial charge in [-0.05, 0) is 36.3 Å². The first kappa shape index (κ1) is 10.5. The fraction of sp³-hybridized carbons (Fsp3) is 0.231. The molecule has 1 aromatic heterocycles. The van der Waals surface area contributed by atoms with E-state index in [0.717, 1.165) is 35.6 Å². The summed E-state index contributed by atoms with van der Waals surface area (Å²) < 4.78 is 6.21. The zero-order valence-electron chi connectivity index (χ0n) is 9.49. The highest BCUT2D eigenvalue weighted by atomic mass is 32.1. The number of nitrogens with zero attached hydrogens (tertiary/aromatic N) is 1. The first-order chi connectivity index (χ1) is 8.25. The van der Waals surface area contributed by atoms with E-state index in [1.54, 1.807) is 6.20 Å². The van der Waals surface area contributed by atoms with Crippen LogP contribution >= 0.6 is 12.2 Å². The number of nitrogens with one attached hydrogen (secondary N) is 1. The average Bonchev–Trinajstić information content (AvgIpc) is 2.80. The number of rotatable bonds is 1. The monoisotopic (exact) mass is 244 g/mol. The standard InChI is InChI=1S/C13H12N2OS/c1-8-7-14-13(17)15-11(8)10-4-2-3-9-5-6-16-12(9)10/h2-4,7H,5-6H2,1H3,(H,14,15,17). The van der Waals surface area contributed by atoms with Crippen molar-refractivity contribution in [3.8, 4) is 17.0 Å². The fourth-order valence-electron chi connectivity index (χ4n) is 2.15. The van der Waals surface area contributed by atoms with Crippen molar-refractivity contribution >= 4 is 12.2 Å². The zero-order valence-corrected chi connectivity index (χ0v) is 10.3. The van der Waals surface area contributed by atoms with E-state index in [2.05, 4.69) is 28.2 Å². The summed E-state index contributed by atoms with van der Waals surface area (Å²) in [5, 5.41) is 0. The van der Waals surface area contributed by atoms with Gasteiger partial charge in [-0.15, -0.1) is 0 Å². The number of ether oxygens (including phenoxy) is 1. The molecule has 17 heavy (non-hydrogen) atoms. The van der Waals surface area contributed by atoms with E-state index in [1.807, 2.05) is 6.92 Å². The minimum absolute atomic E-state index is 0.501. The molecule has 0 radical (unpaired) electrons. The maximum absolute atomic E-state index is 5.70. The molecule has 0 unspecified atom stereocenters. The minimum Gasteiger partial charge on any atom is -0.492 e. The SMILES string of the molecule is Cc1cnc(=S)[nH]c1-c1cccc2c1OCC2. The van der Waals surface area contributed by atoms with Gasteiger partial charge in [0, 0.05) is 18.2 Å². The second kappa shape index (κ2) is 3.96. The molecule has 1 aliphatic rings. The summed E-state index contributed by atoms with van der Waals surface area (Å²) in [6.45, 7) is 2.78. The molecule has 1 aliphatic heterocycles. The third-order valence-corrected chi connectivity index (χ3v) is 3.19. The lowest BCUT2D eigenvalue weighted by atomic mass is 10.0. The Bertz CT molecular complexity index is 634. The number of aryl methyl sites for hydroxylation is 1. The van der Waals surface area contributed by atoms with Crippen LogP contribution in [0.4, 0.5) is 0 Å². The molecule has 0 amide bonds. The number of benzene rings is 1. The molecule has 0 spiro atoms. The zero-order chi connectivity index (χ0) is 11.8. The van der Waals surface area contributed by atoms with Gasteiger partial charge < -0.3 is 9.72 Å². The molecule has 3 rings (SSSR count). The topological polar surface area (TPSA) is 37.9 Å². The van der Waals surface area contributed by atoms with Gasteiger partial charge in [0.2, 0.25) is 0 Å². The van der Waals surface area contributed by atoms with Crippen LogP contribution in [0.3, 0.4) is 0 Å². The molecular formula is C13H12N2OS. The third kappa shape index (κ3) is 1.74. The van der Waals surface area contributed by atoms with E-state index < -0.39 is 0 Å². The minimum atomic E-state index is 0.501. The van der Waals surface area contributed by atoms with E-state index in [4.69, 9.17) is 17.0 Å². The molecule has 4 heteroatoms. The van der Waals surface area contributed by atoms with Gasteiger partial charge >= 0.3 is 0 Å². The molecule has 0 saturated carbocycles. The average molecular weight is 244 g/mol. The van der Waals surface area contributed by atoms with Crippen molar-refractivity contribution in [2.75, 3.05) is 6.61 Å². The number of para-hydroxylation sites is 1. The molecule has 0 aliphatic carbocycles. The molecule has 2 heterocycles. The van der Waals surface area contributed by atoms with Crippen LogP contribution in [0.5, 0.6) is 5.75 Å². The van der Waals surface area contributed by atoms with Crippen LogP contribution in [0.1, 0.15) is 11.1 Å². The highest BCUT2D eigenvalue weighted by Gasteiger charge is 2.18. The number of aromatic amines is 1. The normalized spacial score (nSPS) is 13.2. The third-order valence-electron chi connectivity index (χ3n) is 2.99. The van der Waals surface area contributed by atoms with Crippen LogP contribution in [0.25, 0.3) is 11.3 Å². The smallest absolute Gasteiger partial charge is 0.197 e. The van der Waals surface area contributed by atoms with Gasteiger partial charge in [-0.2, -0.15) is 0 Å². The second-order valence-electron chi connectivity index (χ2n) is 4.14. The number of aromatic nitrogens is 2. The largest absolute Gasteiger partial charge is 0.492 e. The highest BCUT2D eigenvalue weighted by molar-refractivity contribution is 7.71. The summed E-state index contributed by atoms with van der Waals surface area (Å²) in [5.41, 5.74) is 4.41. The Kier molecular flexibility index (Phi) is 2.44. The van der Waals surface area contributed by atoms with Crippen LogP contribution < -0.4 is 4.74 Å². The second-order valence-corrected chi connectivity index (χ2v) is 4.53. The summed E-state index contributed by atoms with van der Waals surface area (Å²) in [4.78, 5) is 7.22. The van der Waals surface area contributed by atoms with Crippen molar-refractivity contribution in [3.05, 3.63) is 40.3 Å². The predicted octanol–water partition coefficient (Wildman–Crippen LogP) is 3.05. The van der Waals surface area contributed by atoms with Crippen LogP contribution in [0.15, 0.2) is 24.4 Å². The first-order valence-electron chi connectivity index (χ1n) is 5.56. The van der Waals surface area contributed by atoms with Gasteiger partial charge in [0.05, 0.1) is 12.3 Å². The van der Waals surface area contributed by atoms with Gasteiger partial charge in [0.1, 0.15) is 5.75 Å². The molecule has 3 nitrogen and oxygen atoms in total. The number of hydrogen-bond donors (Lipinski definition) is 1. The van der Waals surface area contributed by atoms with Crippen LogP contribution in [-0.2, 0) is 6.42 Å². The quantitative estimate of drug-likeness (QED) is 0.783. The van der Waals surface area contributed by atoms with Crippen molar-refractivity contribution in [2.24, 2.45) is 0 Å². The van der Waals surface area contributed by atoms with E-state index >= 15 is 0 Å². The molecule has 0 bridgehead atoms. The van der Waals surface area contributed by atoms with E-state index in [1.165, 1.54) is 5.56 Å². The Balaban J connectivity index is 2.26. The number of H-pyrrole nitrogens is 1. The number of fused-ring (bicyclic) bond motifs is 1. The molecule has 0 fully saturated rings. The van der Waals surface area contributed by atoms with Gasteiger partial charge in [-0.25, -0.2) is 4.98 Å². The van der Waals surface area contributed by atoms with Crippen molar-refractivity contribution < 1.29 is 4.74 Å². The fourth-order valence-corrected chi connectivity index (χ4v) is 2.30. The van der Waals surface area contributed by atoms with Crippen LogP contribution in [-0.4, -0.2) is 16.6 Å². The molecule has 1 aromatic carbocycles.